The minimum absolute atomic E-state index is 0.601. The van der Waals surface area contributed by atoms with Gasteiger partial charge in [0.1, 0.15) is 0 Å². The predicted molar refractivity (Wildman–Crippen MR) is 96.7 cm³/mol. The lowest BCUT2D eigenvalue weighted by atomic mass is 10.1. The molecule has 4 rings (SSSR count). The molecule has 5 heteroatoms. The minimum atomic E-state index is 0.601. The van der Waals surface area contributed by atoms with Crippen LogP contribution in [0.15, 0.2) is 59.4 Å². The predicted octanol–water partition coefficient (Wildman–Crippen LogP) is 4.39. The van der Waals surface area contributed by atoms with E-state index in [-0.39, 0.29) is 0 Å². The molecular weight excluding hydrogens is 318 g/mol. The van der Waals surface area contributed by atoms with Crippen LogP contribution >= 0.6 is 11.3 Å². The van der Waals surface area contributed by atoms with Crippen LogP contribution < -0.4 is 4.74 Å². The molecule has 0 saturated carbocycles. The van der Waals surface area contributed by atoms with Gasteiger partial charge in [-0.25, -0.2) is 9.50 Å². The largest absolute Gasteiger partial charge is 0.476 e. The second-order valence-electron chi connectivity index (χ2n) is 5.68. The number of benzene rings is 1. The van der Waals surface area contributed by atoms with Gasteiger partial charge in [0.25, 0.3) is 0 Å². The normalized spacial score (nSPS) is 11.0. The van der Waals surface area contributed by atoms with Gasteiger partial charge in [-0.3, -0.25) is 0 Å². The second-order valence-corrected chi connectivity index (χ2v) is 6.46. The van der Waals surface area contributed by atoms with Crippen molar-refractivity contribution >= 4 is 17.0 Å². The number of aryl methyl sites for hydroxylation is 1. The summed E-state index contributed by atoms with van der Waals surface area (Å²) >= 11 is 1.66. The van der Waals surface area contributed by atoms with E-state index in [1.807, 2.05) is 22.8 Å². The van der Waals surface area contributed by atoms with Crippen LogP contribution in [-0.2, 0) is 6.42 Å². The SMILES string of the molecule is Cc1ccc(CCOc2ccc3ncc(-c4ccsc4)n3n2)cc1. The molecule has 3 heterocycles. The van der Waals surface area contributed by atoms with Crippen LogP contribution in [0.1, 0.15) is 11.1 Å². The maximum Gasteiger partial charge on any atom is 0.231 e. The number of thiophene rings is 1. The van der Waals surface area contributed by atoms with Gasteiger partial charge in [-0.15, -0.1) is 5.10 Å². The van der Waals surface area contributed by atoms with E-state index < -0.39 is 0 Å². The highest BCUT2D eigenvalue weighted by Gasteiger charge is 2.08. The van der Waals surface area contributed by atoms with E-state index >= 15 is 0 Å². The first-order chi connectivity index (χ1) is 11.8. The molecule has 120 valence electrons. The van der Waals surface area contributed by atoms with Crippen LogP contribution in [0.5, 0.6) is 5.88 Å². The van der Waals surface area contributed by atoms with Crippen molar-refractivity contribution in [1.82, 2.24) is 14.6 Å². The number of rotatable bonds is 5. The summed E-state index contributed by atoms with van der Waals surface area (Å²) in [5.74, 6) is 0.615. The fourth-order valence-corrected chi connectivity index (χ4v) is 3.22. The highest BCUT2D eigenvalue weighted by molar-refractivity contribution is 7.08. The fraction of sp³-hybridized carbons (Fsp3) is 0.158. The third kappa shape index (κ3) is 3.03. The maximum atomic E-state index is 5.83. The van der Waals surface area contributed by atoms with Gasteiger partial charge >= 0.3 is 0 Å². The van der Waals surface area contributed by atoms with Crippen LogP contribution in [-0.4, -0.2) is 21.2 Å². The van der Waals surface area contributed by atoms with Gasteiger partial charge in [0.15, 0.2) is 5.65 Å². The Hall–Kier alpha value is -2.66. The van der Waals surface area contributed by atoms with Crippen LogP contribution in [0.2, 0.25) is 0 Å². The molecule has 0 amide bonds. The zero-order chi connectivity index (χ0) is 16.4. The van der Waals surface area contributed by atoms with Gasteiger partial charge in [-0.05, 0) is 30.0 Å². The molecular formula is C19H17N3OS. The first-order valence-corrected chi connectivity index (χ1v) is 8.79. The summed E-state index contributed by atoms with van der Waals surface area (Å²) in [6.45, 7) is 2.69. The van der Waals surface area contributed by atoms with Gasteiger partial charge < -0.3 is 4.74 Å². The minimum Gasteiger partial charge on any atom is -0.476 e. The zero-order valence-corrected chi connectivity index (χ0v) is 14.2. The Morgan fingerprint density at radius 2 is 1.96 bits per heavy atom. The fourth-order valence-electron chi connectivity index (χ4n) is 2.57. The quantitative estimate of drug-likeness (QED) is 0.543. The van der Waals surface area contributed by atoms with Crippen molar-refractivity contribution in [2.75, 3.05) is 6.61 Å². The summed E-state index contributed by atoms with van der Waals surface area (Å²) in [5.41, 5.74) is 5.46. The summed E-state index contributed by atoms with van der Waals surface area (Å²) in [7, 11) is 0. The van der Waals surface area contributed by atoms with Crippen molar-refractivity contribution in [3.8, 4) is 17.1 Å². The zero-order valence-electron chi connectivity index (χ0n) is 13.3. The molecule has 0 unspecified atom stereocenters. The lowest BCUT2D eigenvalue weighted by Crippen LogP contribution is -2.05. The number of hydrogen-bond donors (Lipinski definition) is 0. The summed E-state index contributed by atoms with van der Waals surface area (Å²) in [6.07, 6.45) is 2.71. The molecule has 24 heavy (non-hydrogen) atoms. The Kier molecular flexibility index (Phi) is 4.01. The number of aromatic nitrogens is 3. The Bertz CT molecular complexity index is 943. The molecule has 4 aromatic rings. The highest BCUT2D eigenvalue weighted by Crippen LogP contribution is 2.23. The lowest BCUT2D eigenvalue weighted by molar-refractivity contribution is 0.305. The molecule has 0 saturated heterocycles. The Balaban J connectivity index is 1.50. The highest BCUT2D eigenvalue weighted by atomic mass is 32.1. The molecule has 0 bridgehead atoms. The van der Waals surface area contributed by atoms with E-state index in [4.69, 9.17) is 4.74 Å². The topological polar surface area (TPSA) is 39.4 Å². The Morgan fingerprint density at radius 3 is 2.75 bits per heavy atom. The van der Waals surface area contributed by atoms with Gasteiger partial charge in [0.05, 0.1) is 18.5 Å². The Labute approximate surface area is 144 Å². The summed E-state index contributed by atoms with van der Waals surface area (Å²) < 4.78 is 7.67. The average Bonchev–Trinajstić information content (AvgIpc) is 3.25. The van der Waals surface area contributed by atoms with E-state index in [2.05, 4.69) is 58.1 Å². The lowest BCUT2D eigenvalue weighted by Gasteiger charge is -2.07. The van der Waals surface area contributed by atoms with E-state index in [0.717, 1.165) is 23.3 Å². The smallest absolute Gasteiger partial charge is 0.231 e. The van der Waals surface area contributed by atoms with Crippen LogP contribution in [0.25, 0.3) is 16.9 Å². The molecule has 3 aromatic heterocycles. The summed E-state index contributed by atoms with van der Waals surface area (Å²) in [4.78, 5) is 4.40. The maximum absolute atomic E-state index is 5.83. The molecule has 1 aromatic carbocycles. The van der Waals surface area contributed by atoms with E-state index in [0.29, 0.717) is 12.5 Å². The number of nitrogens with zero attached hydrogens (tertiary/aromatic N) is 3. The van der Waals surface area contributed by atoms with Gasteiger partial charge in [0.2, 0.25) is 5.88 Å². The molecule has 0 N–H and O–H groups in total. The summed E-state index contributed by atoms with van der Waals surface area (Å²) in [5, 5.41) is 8.72. The van der Waals surface area contributed by atoms with Gasteiger partial charge in [-0.1, -0.05) is 29.8 Å². The molecule has 0 atom stereocenters. The van der Waals surface area contributed by atoms with E-state index in [1.54, 1.807) is 11.3 Å². The number of fused-ring (bicyclic) bond motifs is 1. The molecule has 0 aliphatic carbocycles. The van der Waals surface area contributed by atoms with E-state index in [1.165, 1.54) is 11.1 Å². The molecule has 0 spiro atoms. The second kappa shape index (κ2) is 6.45. The number of ether oxygens (including phenoxy) is 1. The van der Waals surface area contributed by atoms with Crippen LogP contribution in [0, 0.1) is 6.92 Å². The molecule has 0 radical (unpaired) electrons. The van der Waals surface area contributed by atoms with Crippen LogP contribution in [0.4, 0.5) is 0 Å². The van der Waals surface area contributed by atoms with Crippen molar-refractivity contribution in [2.24, 2.45) is 0 Å². The van der Waals surface area contributed by atoms with Crippen molar-refractivity contribution in [1.29, 1.82) is 0 Å². The van der Waals surface area contributed by atoms with Gasteiger partial charge in [-0.2, -0.15) is 11.3 Å². The third-order valence-electron chi connectivity index (χ3n) is 3.92. The van der Waals surface area contributed by atoms with Crippen molar-refractivity contribution in [2.45, 2.75) is 13.3 Å². The van der Waals surface area contributed by atoms with Crippen LogP contribution in [0.3, 0.4) is 0 Å². The first kappa shape index (κ1) is 14.9. The summed E-state index contributed by atoms with van der Waals surface area (Å²) in [6, 6.07) is 14.4. The molecule has 4 nitrogen and oxygen atoms in total. The van der Waals surface area contributed by atoms with E-state index in [9.17, 15) is 0 Å². The molecule has 0 aliphatic rings. The monoisotopic (exact) mass is 335 g/mol. The average molecular weight is 335 g/mol. The van der Waals surface area contributed by atoms with Crippen molar-refractivity contribution in [3.63, 3.8) is 0 Å². The number of imidazole rings is 1. The molecule has 0 fully saturated rings. The third-order valence-corrected chi connectivity index (χ3v) is 4.60. The standard InChI is InChI=1S/C19H17N3OS/c1-14-2-4-15(5-3-14)8-10-23-19-7-6-18-20-12-17(22(18)21-19)16-9-11-24-13-16/h2-7,9,11-13H,8,10H2,1H3. The molecule has 0 aliphatic heterocycles. The van der Waals surface area contributed by atoms with Crippen molar-refractivity contribution in [3.05, 3.63) is 70.5 Å². The van der Waals surface area contributed by atoms with Crippen molar-refractivity contribution < 1.29 is 4.74 Å². The Morgan fingerprint density at radius 1 is 1.08 bits per heavy atom. The number of hydrogen-bond acceptors (Lipinski definition) is 4. The first-order valence-electron chi connectivity index (χ1n) is 7.85. The van der Waals surface area contributed by atoms with Gasteiger partial charge in [0, 0.05) is 23.4 Å².